The van der Waals surface area contributed by atoms with E-state index in [1.165, 1.54) is 96.3 Å². The van der Waals surface area contributed by atoms with Crippen LogP contribution in [0.5, 0.6) is 0 Å². The van der Waals surface area contributed by atoms with Gasteiger partial charge in [-0.2, -0.15) is 5.26 Å². The van der Waals surface area contributed by atoms with E-state index in [-0.39, 0.29) is 0 Å². The molecular formula is C23H40N2O. The van der Waals surface area contributed by atoms with Crippen molar-refractivity contribution in [3.63, 3.8) is 0 Å². The van der Waals surface area contributed by atoms with Crippen molar-refractivity contribution in [1.82, 2.24) is 0 Å². The molecule has 0 aromatic carbocycles. The van der Waals surface area contributed by atoms with Gasteiger partial charge < -0.3 is 4.84 Å². The molecule has 0 aliphatic heterocycles. The highest BCUT2D eigenvalue weighted by atomic mass is 16.6. The van der Waals surface area contributed by atoms with Crippen molar-refractivity contribution in [2.75, 3.05) is 6.61 Å². The van der Waals surface area contributed by atoms with Gasteiger partial charge in [-0.25, -0.2) is 0 Å². The lowest BCUT2D eigenvalue weighted by Gasteiger charge is -2.21. The lowest BCUT2D eigenvalue weighted by molar-refractivity contribution is 0.138. The zero-order valence-electron chi connectivity index (χ0n) is 16.9. The average molecular weight is 361 g/mol. The number of nitriles is 1. The molecule has 0 radical (unpaired) electrons. The van der Waals surface area contributed by atoms with Gasteiger partial charge in [-0.1, -0.05) is 95.0 Å². The highest BCUT2D eigenvalue weighted by Gasteiger charge is 2.21. The fourth-order valence-corrected chi connectivity index (χ4v) is 4.64. The first-order chi connectivity index (χ1) is 12.9. The smallest absolute Gasteiger partial charge is 0.160 e. The zero-order valence-corrected chi connectivity index (χ0v) is 16.9. The van der Waals surface area contributed by atoms with Crippen LogP contribution in [0, 0.1) is 23.2 Å². The van der Waals surface area contributed by atoms with Crippen LogP contribution in [0.15, 0.2) is 5.16 Å². The molecule has 148 valence electrons. The molecule has 0 aromatic heterocycles. The third-order valence-corrected chi connectivity index (χ3v) is 6.34. The number of hydrogen-bond donors (Lipinski definition) is 0. The van der Waals surface area contributed by atoms with Gasteiger partial charge in [0.15, 0.2) is 5.71 Å². The second-order valence-electron chi connectivity index (χ2n) is 8.52. The molecule has 3 nitrogen and oxygen atoms in total. The minimum absolute atomic E-state index is 0.359. The molecule has 26 heavy (non-hydrogen) atoms. The van der Waals surface area contributed by atoms with Crippen molar-refractivity contribution >= 4 is 5.71 Å². The summed E-state index contributed by atoms with van der Waals surface area (Å²) in [6, 6.07) is 2.23. The number of nitrogens with zero attached hydrogens (tertiary/aromatic N) is 2. The van der Waals surface area contributed by atoms with Gasteiger partial charge in [-0.3, -0.25) is 0 Å². The van der Waals surface area contributed by atoms with Crippen LogP contribution >= 0.6 is 0 Å². The second-order valence-corrected chi connectivity index (χ2v) is 8.52. The molecule has 0 amide bonds. The molecule has 0 saturated heterocycles. The summed E-state index contributed by atoms with van der Waals surface area (Å²) in [4.78, 5) is 5.38. The monoisotopic (exact) mass is 360 g/mol. The van der Waals surface area contributed by atoms with Crippen LogP contribution in [-0.2, 0) is 4.84 Å². The molecule has 0 bridgehead atoms. The van der Waals surface area contributed by atoms with Crippen molar-refractivity contribution in [2.45, 2.75) is 116 Å². The minimum Gasteiger partial charge on any atom is -0.395 e. The summed E-state index contributed by atoms with van der Waals surface area (Å²) < 4.78 is 0. The second kappa shape index (κ2) is 14.1. The average Bonchev–Trinajstić information content (AvgIpc) is 3.21. The summed E-state index contributed by atoms with van der Waals surface area (Å²) in [5.41, 5.74) is 0.621. The number of hydrogen-bond acceptors (Lipinski definition) is 3. The van der Waals surface area contributed by atoms with Crippen LogP contribution in [0.2, 0.25) is 0 Å². The summed E-state index contributed by atoms with van der Waals surface area (Å²) in [5.74, 6) is 1.42. The molecule has 2 saturated carbocycles. The van der Waals surface area contributed by atoms with Gasteiger partial charge in [-0.15, -0.1) is 0 Å². The van der Waals surface area contributed by atoms with Gasteiger partial charge in [0.05, 0.1) is 0 Å². The lowest BCUT2D eigenvalue weighted by atomic mass is 9.85. The fourth-order valence-electron chi connectivity index (χ4n) is 4.64. The van der Waals surface area contributed by atoms with E-state index in [9.17, 15) is 0 Å². The van der Waals surface area contributed by atoms with Crippen molar-refractivity contribution in [3.05, 3.63) is 0 Å². The van der Waals surface area contributed by atoms with Gasteiger partial charge in [0.2, 0.25) is 0 Å². The van der Waals surface area contributed by atoms with E-state index in [1.807, 2.05) is 0 Å². The van der Waals surface area contributed by atoms with Gasteiger partial charge in [0.25, 0.3) is 0 Å². The molecule has 0 N–H and O–H groups in total. The summed E-state index contributed by atoms with van der Waals surface area (Å²) >= 11 is 0. The van der Waals surface area contributed by atoms with E-state index in [0.717, 1.165) is 25.2 Å². The van der Waals surface area contributed by atoms with E-state index >= 15 is 0 Å². The Kier molecular flexibility index (Phi) is 11.5. The number of rotatable bonds is 13. The standard InChI is InChI=1S/C23H40N2O/c24-20-23(22-17-11-12-18-22)25-26-19-13-6-4-2-1-3-5-8-14-21-15-9-7-10-16-21/h21-22H,1-19H2. The maximum absolute atomic E-state index is 9.16. The number of oxime groups is 1. The molecule has 2 rings (SSSR count). The summed E-state index contributed by atoms with van der Waals surface area (Å²) in [6.45, 7) is 0.666. The van der Waals surface area contributed by atoms with Gasteiger partial charge in [0.1, 0.15) is 12.7 Å². The van der Waals surface area contributed by atoms with E-state index in [0.29, 0.717) is 18.2 Å². The van der Waals surface area contributed by atoms with Crippen molar-refractivity contribution in [3.8, 4) is 6.07 Å². The Morgan fingerprint density at radius 3 is 2.00 bits per heavy atom. The molecule has 0 unspecified atom stereocenters. The Balaban J connectivity index is 1.34. The van der Waals surface area contributed by atoms with E-state index in [4.69, 9.17) is 10.1 Å². The van der Waals surface area contributed by atoms with Gasteiger partial charge >= 0.3 is 0 Å². The molecule has 0 atom stereocenters. The van der Waals surface area contributed by atoms with E-state index in [1.54, 1.807) is 0 Å². The van der Waals surface area contributed by atoms with Crippen LogP contribution in [0.4, 0.5) is 0 Å². The molecule has 2 aliphatic rings. The topological polar surface area (TPSA) is 45.4 Å². The molecule has 0 spiro atoms. The third-order valence-electron chi connectivity index (χ3n) is 6.34. The Hall–Kier alpha value is -1.04. The van der Waals surface area contributed by atoms with Gasteiger partial charge in [-0.05, 0) is 31.6 Å². The predicted molar refractivity (Wildman–Crippen MR) is 109 cm³/mol. The zero-order chi connectivity index (χ0) is 18.3. The van der Waals surface area contributed by atoms with Crippen LogP contribution in [-0.4, -0.2) is 12.3 Å². The van der Waals surface area contributed by atoms with Crippen molar-refractivity contribution < 1.29 is 4.84 Å². The molecule has 2 fully saturated rings. The summed E-state index contributed by atoms with van der Waals surface area (Å²) in [7, 11) is 0. The minimum atomic E-state index is 0.359. The van der Waals surface area contributed by atoms with Crippen LogP contribution < -0.4 is 0 Å². The Labute approximate surface area is 161 Å². The Bertz CT molecular complexity index is 414. The first kappa shape index (κ1) is 21.3. The normalized spacial score (nSPS) is 19.6. The summed E-state index contributed by atoms with van der Waals surface area (Å²) in [6.07, 6.45) is 24.3. The van der Waals surface area contributed by atoms with E-state index in [2.05, 4.69) is 11.2 Å². The molecule has 3 heteroatoms. The Morgan fingerprint density at radius 2 is 1.35 bits per heavy atom. The maximum atomic E-state index is 9.16. The predicted octanol–water partition coefficient (Wildman–Crippen LogP) is 7.16. The molecular weight excluding hydrogens is 320 g/mol. The highest BCUT2D eigenvalue weighted by Crippen LogP contribution is 2.28. The first-order valence-corrected chi connectivity index (χ1v) is 11.5. The van der Waals surface area contributed by atoms with Crippen LogP contribution in [0.3, 0.4) is 0 Å². The van der Waals surface area contributed by atoms with Crippen molar-refractivity contribution in [2.24, 2.45) is 17.0 Å². The first-order valence-electron chi connectivity index (χ1n) is 11.5. The third kappa shape index (κ3) is 9.06. The van der Waals surface area contributed by atoms with Crippen LogP contribution in [0.25, 0.3) is 0 Å². The maximum Gasteiger partial charge on any atom is 0.160 e. The fraction of sp³-hybridized carbons (Fsp3) is 0.913. The Morgan fingerprint density at radius 1 is 0.769 bits per heavy atom. The van der Waals surface area contributed by atoms with Crippen LogP contribution in [0.1, 0.15) is 116 Å². The highest BCUT2D eigenvalue weighted by molar-refractivity contribution is 5.99. The quantitative estimate of drug-likeness (QED) is 0.199. The molecule has 2 aliphatic carbocycles. The lowest BCUT2D eigenvalue weighted by Crippen LogP contribution is -2.09. The largest absolute Gasteiger partial charge is 0.395 e. The summed E-state index contributed by atoms with van der Waals surface area (Å²) in [5, 5.41) is 13.2. The molecule has 0 heterocycles. The van der Waals surface area contributed by atoms with E-state index < -0.39 is 0 Å². The SMILES string of the molecule is N#CC(=NOCCCCCCCCCCC1CCCCC1)C1CCCC1. The van der Waals surface area contributed by atoms with Gasteiger partial charge in [0, 0.05) is 5.92 Å². The number of unbranched alkanes of at least 4 members (excludes halogenated alkanes) is 7. The molecule has 0 aromatic rings. The van der Waals surface area contributed by atoms with Crippen molar-refractivity contribution in [1.29, 1.82) is 5.26 Å².